The third-order valence-electron chi connectivity index (χ3n) is 4.76. The molecule has 1 atom stereocenters. The van der Waals surface area contributed by atoms with E-state index in [9.17, 15) is 9.90 Å². The Bertz CT molecular complexity index is 330. The predicted molar refractivity (Wildman–Crippen MR) is 71.1 cm³/mol. The van der Waals surface area contributed by atoms with Crippen molar-refractivity contribution >= 4 is 5.97 Å². The van der Waals surface area contributed by atoms with E-state index in [1.807, 2.05) is 0 Å². The van der Waals surface area contributed by atoms with Crippen molar-refractivity contribution < 1.29 is 14.6 Å². The molecule has 1 N–H and O–H groups in total. The smallest absolute Gasteiger partial charge is 0.313 e. The van der Waals surface area contributed by atoms with Crippen LogP contribution in [-0.2, 0) is 9.53 Å². The number of carboxylic acid groups (broad SMARTS) is 1. The van der Waals surface area contributed by atoms with Gasteiger partial charge in [0.25, 0.3) is 0 Å². The van der Waals surface area contributed by atoms with Crippen LogP contribution in [0.5, 0.6) is 0 Å². The van der Waals surface area contributed by atoms with Crippen LogP contribution >= 0.6 is 0 Å². The quantitative estimate of drug-likeness (QED) is 0.787. The van der Waals surface area contributed by atoms with Gasteiger partial charge in [-0.15, -0.1) is 0 Å². The maximum atomic E-state index is 11.5. The van der Waals surface area contributed by atoms with Crippen LogP contribution in [0.2, 0.25) is 0 Å². The van der Waals surface area contributed by atoms with Crippen molar-refractivity contribution in [2.75, 3.05) is 52.5 Å². The molecule has 2 aliphatic heterocycles. The van der Waals surface area contributed by atoms with E-state index in [2.05, 4.69) is 9.80 Å². The van der Waals surface area contributed by atoms with Crippen LogP contribution in [0, 0.1) is 11.3 Å². The van der Waals surface area contributed by atoms with Crippen LogP contribution < -0.4 is 0 Å². The molecule has 5 nitrogen and oxygen atoms in total. The molecule has 3 aliphatic rings. The van der Waals surface area contributed by atoms with Gasteiger partial charge in [0.2, 0.25) is 0 Å². The minimum Gasteiger partial charge on any atom is -0.481 e. The van der Waals surface area contributed by atoms with Crippen molar-refractivity contribution in [3.63, 3.8) is 0 Å². The molecule has 0 radical (unpaired) electrons. The Morgan fingerprint density at radius 2 is 1.89 bits per heavy atom. The fourth-order valence-electron chi connectivity index (χ4n) is 3.19. The zero-order valence-electron chi connectivity index (χ0n) is 11.5. The SMILES string of the molecule is O=C(O)C1(CN2CCN(CC3CC3)CC2)CCOC1. The van der Waals surface area contributed by atoms with E-state index < -0.39 is 11.4 Å². The molecule has 1 unspecified atom stereocenters. The highest BCUT2D eigenvalue weighted by Crippen LogP contribution is 2.32. The molecule has 3 rings (SSSR count). The molecule has 0 bridgehead atoms. The molecule has 5 heteroatoms. The fraction of sp³-hybridized carbons (Fsp3) is 0.929. The molecule has 108 valence electrons. The highest BCUT2D eigenvalue weighted by Gasteiger charge is 2.44. The van der Waals surface area contributed by atoms with Crippen molar-refractivity contribution in [3.05, 3.63) is 0 Å². The zero-order chi connectivity index (χ0) is 13.3. The van der Waals surface area contributed by atoms with Gasteiger partial charge in [-0.3, -0.25) is 9.69 Å². The van der Waals surface area contributed by atoms with Gasteiger partial charge in [-0.25, -0.2) is 0 Å². The number of rotatable bonds is 5. The molecule has 1 saturated carbocycles. The van der Waals surface area contributed by atoms with E-state index in [1.54, 1.807) is 0 Å². The van der Waals surface area contributed by atoms with E-state index in [4.69, 9.17) is 4.74 Å². The average molecular weight is 268 g/mol. The van der Waals surface area contributed by atoms with Crippen molar-refractivity contribution in [1.82, 2.24) is 9.80 Å². The summed E-state index contributed by atoms with van der Waals surface area (Å²) in [6, 6.07) is 0. The van der Waals surface area contributed by atoms with Gasteiger partial charge in [0.05, 0.1) is 6.61 Å². The lowest BCUT2D eigenvalue weighted by molar-refractivity contribution is -0.150. The van der Waals surface area contributed by atoms with Gasteiger partial charge in [0.1, 0.15) is 5.41 Å². The Kier molecular flexibility index (Phi) is 3.78. The summed E-state index contributed by atoms with van der Waals surface area (Å²) in [6.45, 7) is 7.06. The summed E-state index contributed by atoms with van der Waals surface area (Å²) < 4.78 is 5.33. The first kappa shape index (κ1) is 13.3. The highest BCUT2D eigenvalue weighted by molar-refractivity contribution is 5.75. The van der Waals surface area contributed by atoms with Crippen molar-refractivity contribution in [2.24, 2.45) is 11.3 Å². The number of carbonyl (C=O) groups is 1. The van der Waals surface area contributed by atoms with Gasteiger partial charge in [-0.2, -0.15) is 0 Å². The standard InChI is InChI=1S/C14H24N2O3/c17-13(18)14(3-8-19-11-14)10-16-6-4-15(5-7-16)9-12-1-2-12/h12H,1-11H2,(H,17,18). The summed E-state index contributed by atoms with van der Waals surface area (Å²) in [5.41, 5.74) is -0.654. The van der Waals surface area contributed by atoms with Gasteiger partial charge in [-0.05, 0) is 25.2 Å². The molecule has 0 aromatic heterocycles. The van der Waals surface area contributed by atoms with E-state index >= 15 is 0 Å². The second-order valence-electron chi connectivity index (χ2n) is 6.41. The first-order valence-corrected chi connectivity index (χ1v) is 7.44. The summed E-state index contributed by atoms with van der Waals surface area (Å²) in [5, 5.41) is 9.46. The van der Waals surface area contributed by atoms with Crippen LogP contribution in [0.4, 0.5) is 0 Å². The normalized spacial score (nSPS) is 33.7. The number of hydrogen-bond acceptors (Lipinski definition) is 4. The Morgan fingerprint density at radius 3 is 2.42 bits per heavy atom. The number of carboxylic acids is 1. The second-order valence-corrected chi connectivity index (χ2v) is 6.41. The monoisotopic (exact) mass is 268 g/mol. The number of nitrogens with zero attached hydrogens (tertiary/aromatic N) is 2. The van der Waals surface area contributed by atoms with E-state index in [0.29, 0.717) is 26.2 Å². The van der Waals surface area contributed by atoms with E-state index in [1.165, 1.54) is 19.4 Å². The first-order chi connectivity index (χ1) is 9.18. The lowest BCUT2D eigenvalue weighted by Gasteiger charge is -2.38. The summed E-state index contributed by atoms with van der Waals surface area (Å²) in [4.78, 5) is 16.3. The minimum atomic E-state index is -0.689. The minimum absolute atomic E-state index is 0.380. The average Bonchev–Trinajstić information content (AvgIpc) is 3.08. The lowest BCUT2D eigenvalue weighted by atomic mass is 9.86. The number of ether oxygens (including phenoxy) is 1. The third kappa shape index (κ3) is 3.09. The van der Waals surface area contributed by atoms with Crippen LogP contribution in [0.3, 0.4) is 0 Å². The van der Waals surface area contributed by atoms with Crippen molar-refractivity contribution in [2.45, 2.75) is 19.3 Å². The van der Waals surface area contributed by atoms with E-state index in [0.717, 1.165) is 32.1 Å². The summed E-state index contributed by atoms with van der Waals surface area (Å²) in [7, 11) is 0. The molecule has 0 aromatic rings. The molecule has 2 saturated heterocycles. The van der Waals surface area contributed by atoms with Crippen LogP contribution in [0.15, 0.2) is 0 Å². The number of hydrogen-bond donors (Lipinski definition) is 1. The topological polar surface area (TPSA) is 53.0 Å². The molecule has 0 aromatic carbocycles. The molecule has 19 heavy (non-hydrogen) atoms. The molecule has 0 amide bonds. The molecule has 2 heterocycles. The van der Waals surface area contributed by atoms with Crippen molar-refractivity contribution in [3.8, 4) is 0 Å². The fourth-order valence-corrected chi connectivity index (χ4v) is 3.19. The van der Waals surface area contributed by atoms with Gasteiger partial charge < -0.3 is 14.7 Å². The number of aliphatic carboxylic acids is 1. The van der Waals surface area contributed by atoms with Crippen molar-refractivity contribution in [1.29, 1.82) is 0 Å². The largest absolute Gasteiger partial charge is 0.481 e. The third-order valence-corrected chi connectivity index (χ3v) is 4.76. The van der Waals surface area contributed by atoms with Gasteiger partial charge >= 0.3 is 5.97 Å². The Balaban J connectivity index is 1.49. The van der Waals surface area contributed by atoms with Gasteiger partial charge in [0.15, 0.2) is 0 Å². The summed E-state index contributed by atoms with van der Waals surface area (Å²) >= 11 is 0. The second kappa shape index (κ2) is 5.38. The van der Waals surface area contributed by atoms with Crippen LogP contribution in [-0.4, -0.2) is 73.4 Å². The molecule has 0 spiro atoms. The molecule has 1 aliphatic carbocycles. The van der Waals surface area contributed by atoms with Crippen LogP contribution in [0.25, 0.3) is 0 Å². The Morgan fingerprint density at radius 1 is 1.21 bits per heavy atom. The first-order valence-electron chi connectivity index (χ1n) is 7.44. The molecule has 3 fully saturated rings. The van der Waals surface area contributed by atoms with Crippen LogP contribution in [0.1, 0.15) is 19.3 Å². The van der Waals surface area contributed by atoms with Gasteiger partial charge in [0, 0.05) is 45.9 Å². The zero-order valence-corrected chi connectivity index (χ0v) is 11.5. The highest BCUT2D eigenvalue weighted by atomic mass is 16.5. The van der Waals surface area contributed by atoms with Gasteiger partial charge in [-0.1, -0.05) is 0 Å². The Labute approximate surface area is 114 Å². The predicted octanol–water partition coefficient (Wildman–Crippen LogP) is 0.505. The number of piperazine rings is 1. The maximum Gasteiger partial charge on any atom is 0.313 e. The summed E-state index contributed by atoms with van der Waals surface area (Å²) in [6.07, 6.45) is 3.46. The lowest BCUT2D eigenvalue weighted by Crippen LogP contribution is -2.52. The summed E-state index contributed by atoms with van der Waals surface area (Å²) in [5.74, 6) is 0.255. The molecular formula is C14H24N2O3. The molecular weight excluding hydrogens is 244 g/mol. The van der Waals surface area contributed by atoms with E-state index in [-0.39, 0.29) is 0 Å². The Hall–Kier alpha value is -0.650. The maximum absolute atomic E-state index is 11.5.